The van der Waals surface area contributed by atoms with Gasteiger partial charge in [0.05, 0.1) is 5.02 Å². The van der Waals surface area contributed by atoms with Gasteiger partial charge in [0.25, 0.3) is 0 Å². The monoisotopic (exact) mass is 283 g/mol. The van der Waals surface area contributed by atoms with Crippen molar-refractivity contribution in [3.05, 3.63) is 23.1 Å². The standard InChI is InChI=1S/C14H19ClFN3/c1-10-8-18-5-3-2-4-12(18)9-19(10)14-13(16)6-11(15)7-17-14/h6-7,10,12H,2-5,8-9H2,1H3. The highest BCUT2D eigenvalue weighted by Crippen LogP contribution is 2.29. The van der Waals surface area contributed by atoms with E-state index in [-0.39, 0.29) is 11.9 Å². The lowest BCUT2D eigenvalue weighted by Crippen LogP contribution is -2.59. The van der Waals surface area contributed by atoms with Crippen molar-refractivity contribution >= 4 is 17.4 Å². The predicted molar refractivity (Wildman–Crippen MR) is 75.2 cm³/mol. The summed E-state index contributed by atoms with van der Waals surface area (Å²) in [6.07, 6.45) is 5.30. The van der Waals surface area contributed by atoms with E-state index in [0.29, 0.717) is 16.9 Å². The quantitative estimate of drug-likeness (QED) is 0.790. The molecule has 2 fully saturated rings. The molecule has 3 nitrogen and oxygen atoms in total. The number of rotatable bonds is 1. The van der Waals surface area contributed by atoms with Gasteiger partial charge in [0, 0.05) is 31.4 Å². The van der Waals surface area contributed by atoms with Crippen LogP contribution in [0.1, 0.15) is 26.2 Å². The van der Waals surface area contributed by atoms with Crippen molar-refractivity contribution in [1.29, 1.82) is 0 Å². The van der Waals surface area contributed by atoms with Crippen LogP contribution in [0.25, 0.3) is 0 Å². The molecule has 0 aromatic carbocycles. The molecule has 2 unspecified atom stereocenters. The lowest BCUT2D eigenvalue weighted by molar-refractivity contribution is 0.115. The Balaban J connectivity index is 1.83. The van der Waals surface area contributed by atoms with Gasteiger partial charge in [0.15, 0.2) is 11.6 Å². The summed E-state index contributed by atoms with van der Waals surface area (Å²) >= 11 is 5.77. The van der Waals surface area contributed by atoms with Gasteiger partial charge in [-0.05, 0) is 32.4 Å². The summed E-state index contributed by atoms with van der Waals surface area (Å²) in [4.78, 5) is 8.83. The molecule has 3 heterocycles. The van der Waals surface area contributed by atoms with Crippen molar-refractivity contribution in [1.82, 2.24) is 9.88 Å². The average molecular weight is 284 g/mol. The molecule has 0 amide bonds. The van der Waals surface area contributed by atoms with E-state index < -0.39 is 0 Å². The van der Waals surface area contributed by atoms with Crippen LogP contribution >= 0.6 is 11.6 Å². The molecule has 0 N–H and O–H groups in total. The van der Waals surface area contributed by atoms with E-state index in [0.717, 1.165) is 13.1 Å². The molecule has 104 valence electrons. The number of anilines is 1. The molecule has 5 heteroatoms. The number of nitrogens with zero attached hydrogens (tertiary/aromatic N) is 3. The maximum atomic E-state index is 14.0. The molecule has 2 aliphatic heterocycles. The first-order chi connectivity index (χ1) is 9.15. The minimum atomic E-state index is -0.316. The molecule has 1 aromatic heterocycles. The van der Waals surface area contributed by atoms with Crippen LogP contribution in [0.15, 0.2) is 12.3 Å². The molecular formula is C14H19ClFN3. The molecule has 3 rings (SSSR count). The van der Waals surface area contributed by atoms with Crippen molar-refractivity contribution in [3.8, 4) is 0 Å². The Labute approximate surface area is 118 Å². The van der Waals surface area contributed by atoms with Crippen LogP contribution in [0.5, 0.6) is 0 Å². The summed E-state index contributed by atoms with van der Waals surface area (Å²) in [5.74, 6) is 0.130. The fourth-order valence-corrected chi connectivity index (χ4v) is 3.41. The number of fused-ring (bicyclic) bond motifs is 1. The summed E-state index contributed by atoms with van der Waals surface area (Å²) in [5.41, 5.74) is 0. The van der Waals surface area contributed by atoms with Gasteiger partial charge in [-0.3, -0.25) is 4.90 Å². The summed E-state index contributed by atoms with van der Waals surface area (Å²) in [6, 6.07) is 2.18. The molecule has 19 heavy (non-hydrogen) atoms. The van der Waals surface area contributed by atoms with Gasteiger partial charge in [-0.15, -0.1) is 0 Å². The fraction of sp³-hybridized carbons (Fsp3) is 0.643. The Morgan fingerprint density at radius 3 is 3.00 bits per heavy atom. The third kappa shape index (κ3) is 2.56. The number of halogens is 2. The van der Waals surface area contributed by atoms with E-state index in [2.05, 4.69) is 21.7 Å². The topological polar surface area (TPSA) is 19.4 Å². The minimum absolute atomic E-state index is 0.289. The van der Waals surface area contributed by atoms with Gasteiger partial charge in [-0.25, -0.2) is 9.37 Å². The zero-order chi connectivity index (χ0) is 13.4. The predicted octanol–water partition coefficient (Wildman–Crippen LogP) is 2.94. The highest BCUT2D eigenvalue weighted by atomic mass is 35.5. The maximum Gasteiger partial charge on any atom is 0.167 e. The largest absolute Gasteiger partial charge is 0.349 e. The van der Waals surface area contributed by atoms with Crippen molar-refractivity contribution in [2.75, 3.05) is 24.5 Å². The van der Waals surface area contributed by atoms with Gasteiger partial charge >= 0.3 is 0 Å². The van der Waals surface area contributed by atoms with Crippen LogP contribution in [0.2, 0.25) is 5.02 Å². The number of piperazine rings is 1. The highest BCUT2D eigenvalue weighted by Gasteiger charge is 2.34. The minimum Gasteiger partial charge on any atom is -0.349 e. The van der Waals surface area contributed by atoms with Crippen LogP contribution in [-0.2, 0) is 0 Å². The second kappa shape index (κ2) is 5.25. The number of aromatic nitrogens is 1. The zero-order valence-corrected chi connectivity index (χ0v) is 11.9. The Morgan fingerprint density at radius 2 is 2.21 bits per heavy atom. The Bertz CT molecular complexity index is 468. The van der Waals surface area contributed by atoms with Gasteiger partial charge in [-0.1, -0.05) is 18.0 Å². The van der Waals surface area contributed by atoms with Gasteiger partial charge in [0.1, 0.15) is 0 Å². The summed E-state index contributed by atoms with van der Waals surface area (Å²) in [6.45, 7) is 5.18. The number of pyridine rings is 1. The van der Waals surface area contributed by atoms with E-state index >= 15 is 0 Å². The van der Waals surface area contributed by atoms with Crippen LogP contribution in [0.4, 0.5) is 10.2 Å². The summed E-state index contributed by atoms with van der Waals surface area (Å²) in [5, 5.41) is 0.352. The van der Waals surface area contributed by atoms with E-state index in [4.69, 9.17) is 11.6 Å². The Hall–Kier alpha value is -0.870. The number of piperidine rings is 1. The van der Waals surface area contributed by atoms with E-state index in [1.165, 1.54) is 38.1 Å². The third-order valence-corrected chi connectivity index (χ3v) is 4.45. The smallest absolute Gasteiger partial charge is 0.167 e. The lowest BCUT2D eigenvalue weighted by Gasteiger charge is -2.48. The zero-order valence-electron chi connectivity index (χ0n) is 11.1. The molecule has 2 saturated heterocycles. The first-order valence-corrected chi connectivity index (χ1v) is 7.34. The van der Waals surface area contributed by atoms with E-state index in [9.17, 15) is 4.39 Å². The molecule has 0 bridgehead atoms. The van der Waals surface area contributed by atoms with Gasteiger partial charge in [0.2, 0.25) is 0 Å². The van der Waals surface area contributed by atoms with Crippen LogP contribution in [0.3, 0.4) is 0 Å². The second-order valence-corrected chi connectivity index (χ2v) is 6.04. The normalized spacial score (nSPS) is 28.3. The average Bonchev–Trinajstić information content (AvgIpc) is 2.38. The molecule has 0 aliphatic carbocycles. The molecule has 2 aliphatic rings. The Morgan fingerprint density at radius 1 is 1.37 bits per heavy atom. The van der Waals surface area contributed by atoms with Crippen LogP contribution in [0, 0.1) is 5.82 Å². The van der Waals surface area contributed by atoms with E-state index in [1.54, 1.807) is 0 Å². The maximum absolute atomic E-state index is 14.0. The molecule has 1 aromatic rings. The second-order valence-electron chi connectivity index (χ2n) is 5.60. The Kier molecular flexibility index (Phi) is 3.63. The van der Waals surface area contributed by atoms with Gasteiger partial charge < -0.3 is 4.90 Å². The SMILES string of the molecule is CC1CN2CCCCC2CN1c1ncc(Cl)cc1F. The molecule has 2 atom stereocenters. The van der Waals surface area contributed by atoms with Crippen molar-refractivity contribution in [2.45, 2.75) is 38.3 Å². The number of hydrogen-bond acceptors (Lipinski definition) is 3. The molecular weight excluding hydrogens is 265 g/mol. The van der Waals surface area contributed by atoms with Crippen molar-refractivity contribution < 1.29 is 4.39 Å². The third-order valence-electron chi connectivity index (χ3n) is 4.25. The fourth-order valence-electron chi connectivity index (χ4n) is 3.27. The lowest BCUT2D eigenvalue weighted by atomic mass is 9.97. The summed E-state index contributed by atoms with van der Waals surface area (Å²) < 4.78 is 14.0. The molecule has 0 radical (unpaired) electrons. The van der Waals surface area contributed by atoms with Gasteiger partial charge in [-0.2, -0.15) is 0 Å². The van der Waals surface area contributed by atoms with E-state index in [1.807, 2.05) is 0 Å². The first kappa shape index (κ1) is 13.1. The first-order valence-electron chi connectivity index (χ1n) is 6.97. The van der Waals surface area contributed by atoms with Crippen molar-refractivity contribution in [3.63, 3.8) is 0 Å². The van der Waals surface area contributed by atoms with Crippen molar-refractivity contribution in [2.24, 2.45) is 0 Å². The molecule has 0 spiro atoms. The van der Waals surface area contributed by atoms with Crippen LogP contribution < -0.4 is 4.90 Å². The van der Waals surface area contributed by atoms with Crippen LogP contribution in [-0.4, -0.2) is 41.6 Å². The highest BCUT2D eigenvalue weighted by molar-refractivity contribution is 6.30. The summed E-state index contributed by atoms with van der Waals surface area (Å²) in [7, 11) is 0. The number of hydrogen-bond donors (Lipinski definition) is 0. The molecule has 0 saturated carbocycles.